The Morgan fingerprint density at radius 1 is 1.22 bits per heavy atom. The maximum Gasteiger partial charge on any atom is 0.265 e. The van der Waals surface area contributed by atoms with Crippen molar-refractivity contribution in [2.24, 2.45) is 0 Å². The molecule has 8 nitrogen and oxygen atoms in total. The van der Waals surface area contributed by atoms with Crippen LogP contribution in [0.3, 0.4) is 0 Å². The summed E-state index contributed by atoms with van der Waals surface area (Å²) in [5, 5.41) is 3.98. The summed E-state index contributed by atoms with van der Waals surface area (Å²) in [4.78, 5) is 22.2. The van der Waals surface area contributed by atoms with Gasteiger partial charge < -0.3 is 5.32 Å². The lowest BCUT2D eigenvalue weighted by Crippen LogP contribution is -2.32. The number of sulfonamides is 1. The van der Waals surface area contributed by atoms with Crippen LogP contribution in [-0.4, -0.2) is 57.7 Å². The van der Waals surface area contributed by atoms with E-state index in [1.807, 2.05) is 13.8 Å². The van der Waals surface area contributed by atoms with Gasteiger partial charge in [-0.15, -0.1) is 0 Å². The van der Waals surface area contributed by atoms with Crippen LogP contribution in [0.1, 0.15) is 39.5 Å². The molecule has 1 aromatic carbocycles. The van der Waals surface area contributed by atoms with Crippen LogP contribution in [0.2, 0.25) is 0 Å². The van der Waals surface area contributed by atoms with Crippen molar-refractivity contribution < 1.29 is 22.9 Å². The molecular formula is C18H31N3O5S. The van der Waals surface area contributed by atoms with E-state index in [0.29, 0.717) is 5.69 Å². The smallest absolute Gasteiger partial charge is 0.265 e. The molecule has 27 heavy (non-hydrogen) atoms. The monoisotopic (exact) mass is 401 g/mol. The molecule has 1 fully saturated rings. The number of carbonyl (C=O) groups is 1. The highest BCUT2D eigenvalue weighted by atomic mass is 32.2. The van der Waals surface area contributed by atoms with Gasteiger partial charge in [0.25, 0.3) is 15.9 Å². The summed E-state index contributed by atoms with van der Waals surface area (Å²) in [7, 11) is 0.544. The van der Waals surface area contributed by atoms with Crippen LogP contribution < -0.4 is 5.32 Å². The van der Waals surface area contributed by atoms with Gasteiger partial charge in [-0.25, -0.2) is 13.5 Å². The third-order valence-electron chi connectivity index (χ3n) is 4.14. The van der Waals surface area contributed by atoms with Crippen molar-refractivity contribution in [2.45, 2.75) is 50.5 Å². The third kappa shape index (κ3) is 6.76. The normalized spacial score (nSPS) is 14.6. The van der Waals surface area contributed by atoms with Crippen LogP contribution in [0.15, 0.2) is 29.2 Å². The van der Waals surface area contributed by atoms with E-state index in [1.165, 1.54) is 33.3 Å². The van der Waals surface area contributed by atoms with E-state index < -0.39 is 10.0 Å². The lowest BCUT2D eigenvalue weighted by molar-refractivity contribution is -0.166. The van der Waals surface area contributed by atoms with E-state index >= 15 is 0 Å². The van der Waals surface area contributed by atoms with Gasteiger partial charge in [-0.2, -0.15) is 0 Å². The highest BCUT2D eigenvalue weighted by molar-refractivity contribution is 7.89. The summed E-state index contributed by atoms with van der Waals surface area (Å²) in [6.45, 7) is 3.99. The highest BCUT2D eigenvalue weighted by Crippen LogP contribution is 2.25. The minimum atomic E-state index is -3.76. The van der Waals surface area contributed by atoms with Gasteiger partial charge in [-0.05, 0) is 31.0 Å². The zero-order valence-electron chi connectivity index (χ0n) is 16.8. The number of rotatable bonds is 8. The quantitative estimate of drug-likeness (QED) is 0.674. The molecule has 0 heterocycles. The Bertz CT molecular complexity index is 690. The Morgan fingerprint density at radius 3 is 2.44 bits per heavy atom. The Kier molecular flexibility index (Phi) is 9.71. The molecule has 0 bridgehead atoms. The minimum absolute atomic E-state index is 0.0117. The molecule has 1 amide bonds. The topological polar surface area (TPSA) is 88.2 Å². The van der Waals surface area contributed by atoms with Crippen LogP contribution in [0.4, 0.5) is 5.69 Å². The van der Waals surface area contributed by atoms with Crippen molar-refractivity contribution in [3.05, 3.63) is 24.3 Å². The maximum atomic E-state index is 12.6. The summed E-state index contributed by atoms with van der Waals surface area (Å²) in [6.07, 6.45) is 3.81. The Balaban J connectivity index is 0.00000176. The lowest BCUT2D eigenvalue weighted by Gasteiger charge is -2.21. The molecule has 1 saturated carbocycles. The Labute approximate surface area is 162 Å². The van der Waals surface area contributed by atoms with E-state index in [1.54, 1.807) is 12.1 Å². The Morgan fingerprint density at radius 2 is 1.85 bits per heavy atom. The Hall–Kier alpha value is -1.68. The van der Waals surface area contributed by atoms with Gasteiger partial charge in [0.2, 0.25) is 0 Å². The number of amides is 1. The molecule has 0 atom stereocenters. The van der Waals surface area contributed by atoms with Gasteiger partial charge in [0.05, 0.1) is 24.7 Å². The minimum Gasteiger partial charge on any atom is -0.376 e. The van der Waals surface area contributed by atoms with E-state index in [4.69, 9.17) is 9.68 Å². The zero-order chi connectivity index (χ0) is 20.4. The molecular weight excluding hydrogens is 370 g/mol. The second kappa shape index (κ2) is 11.2. The second-order valence-corrected chi connectivity index (χ2v) is 7.82. The van der Waals surface area contributed by atoms with Gasteiger partial charge in [0, 0.05) is 19.8 Å². The van der Waals surface area contributed by atoms with Crippen LogP contribution in [0.5, 0.6) is 0 Å². The number of benzene rings is 1. The number of anilines is 1. The number of hydrogen-bond acceptors (Lipinski definition) is 6. The molecule has 1 aromatic rings. The number of likely N-dealkylation sites (N-methyl/N-ethyl adjacent to an activating group) is 1. The van der Waals surface area contributed by atoms with E-state index in [0.717, 1.165) is 35.2 Å². The number of hydroxylamine groups is 3. The molecule has 1 N–H and O–H groups in total. The average Bonchev–Trinajstić information content (AvgIpc) is 3.20. The fraction of sp³-hybridized carbons (Fsp3) is 0.611. The van der Waals surface area contributed by atoms with Gasteiger partial charge in [0.1, 0.15) is 0 Å². The van der Waals surface area contributed by atoms with Gasteiger partial charge >= 0.3 is 0 Å². The standard InChI is InChI=1S/C16H25N3O5S.C2H6/c1-18(23-3)16(20)12-17-13-7-6-10-15(11-13)25(21,22)19(2)24-14-8-4-5-9-14;1-2/h6-7,10-11,14,17H,4-5,8-9,12H2,1-3H3;1-2H3. The molecule has 1 aliphatic carbocycles. The van der Waals surface area contributed by atoms with E-state index in [2.05, 4.69) is 5.32 Å². The van der Waals surface area contributed by atoms with E-state index in [9.17, 15) is 13.2 Å². The van der Waals surface area contributed by atoms with Crippen molar-refractivity contribution in [1.82, 2.24) is 9.53 Å². The predicted molar refractivity (Wildman–Crippen MR) is 104 cm³/mol. The van der Waals surface area contributed by atoms with Crippen LogP contribution >= 0.6 is 0 Å². The summed E-state index contributed by atoms with van der Waals surface area (Å²) in [6, 6.07) is 6.28. The summed E-state index contributed by atoms with van der Waals surface area (Å²) < 4.78 is 26.2. The summed E-state index contributed by atoms with van der Waals surface area (Å²) >= 11 is 0. The average molecular weight is 402 g/mol. The maximum absolute atomic E-state index is 12.6. The van der Waals surface area contributed by atoms with Crippen molar-refractivity contribution in [3.63, 3.8) is 0 Å². The van der Waals surface area contributed by atoms with Crippen molar-refractivity contribution in [3.8, 4) is 0 Å². The molecule has 0 unspecified atom stereocenters. The third-order valence-corrected chi connectivity index (χ3v) is 5.75. The SMILES string of the molecule is CC.CON(C)C(=O)CNc1cccc(S(=O)(=O)N(C)OC2CCCC2)c1. The van der Waals surface area contributed by atoms with Gasteiger partial charge in [-0.3, -0.25) is 14.5 Å². The number of nitrogens with one attached hydrogen (secondary N) is 1. The van der Waals surface area contributed by atoms with Gasteiger partial charge in [0.15, 0.2) is 0 Å². The first-order valence-corrected chi connectivity index (χ1v) is 10.6. The fourth-order valence-corrected chi connectivity index (χ4v) is 3.62. The molecule has 0 spiro atoms. The van der Waals surface area contributed by atoms with Crippen molar-refractivity contribution in [2.75, 3.05) is 33.1 Å². The molecule has 9 heteroatoms. The molecule has 1 aliphatic rings. The largest absolute Gasteiger partial charge is 0.376 e. The van der Waals surface area contributed by atoms with Crippen LogP contribution in [0.25, 0.3) is 0 Å². The molecule has 154 valence electrons. The number of nitrogens with zero attached hydrogens (tertiary/aromatic N) is 2. The van der Waals surface area contributed by atoms with Crippen LogP contribution in [0, 0.1) is 0 Å². The number of hydrogen-bond donors (Lipinski definition) is 1. The first-order valence-electron chi connectivity index (χ1n) is 9.15. The molecule has 2 rings (SSSR count). The number of carbonyl (C=O) groups excluding carboxylic acids is 1. The lowest BCUT2D eigenvalue weighted by atomic mass is 10.3. The zero-order valence-corrected chi connectivity index (χ0v) is 17.6. The first kappa shape index (κ1) is 23.4. The van der Waals surface area contributed by atoms with E-state index in [-0.39, 0.29) is 23.5 Å². The highest BCUT2D eigenvalue weighted by Gasteiger charge is 2.26. The summed E-state index contributed by atoms with van der Waals surface area (Å²) in [5.74, 6) is -0.280. The first-order chi connectivity index (χ1) is 12.8. The van der Waals surface area contributed by atoms with Crippen molar-refractivity contribution in [1.29, 1.82) is 0 Å². The van der Waals surface area contributed by atoms with Crippen molar-refractivity contribution >= 4 is 21.6 Å². The molecule has 0 aromatic heterocycles. The van der Waals surface area contributed by atoms with Crippen LogP contribution in [-0.2, 0) is 24.5 Å². The van der Waals surface area contributed by atoms with Gasteiger partial charge in [-0.1, -0.05) is 37.2 Å². The second-order valence-electron chi connectivity index (χ2n) is 5.88. The molecule has 0 radical (unpaired) electrons. The fourth-order valence-electron chi connectivity index (χ4n) is 2.57. The predicted octanol–water partition coefficient (Wildman–Crippen LogP) is 2.64. The summed E-state index contributed by atoms with van der Waals surface area (Å²) in [5.41, 5.74) is 0.521. The molecule has 0 aliphatic heterocycles. The molecule has 0 saturated heterocycles.